The first-order valence-corrected chi connectivity index (χ1v) is 8.68. The number of hydrogen-bond acceptors (Lipinski definition) is 4. The van der Waals surface area contributed by atoms with Crippen LogP contribution in [0.2, 0.25) is 0 Å². The van der Waals surface area contributed by atoms with E-state index >= 15 is 0 Å². The average molecular weight is 356 g/mol. The number of carbonyl (C=O) groups is 2. The molecular formula is C19H20N2O5. The molecule has 4 rings (SSSR count). The third-order valence-electron chi connectivity index (χ3n) is 5.68. The van der Waals surface area contributed by atoms with Crippen molar-refractivity contribution >= 4 is 22.8 Å². The number of amides is 1. The van der Waals surface area contributed by atoms with E-state index in [1.165, 1.54) is 6.07 Å². The van der Waals surface area contributed by atoms with Crippen LogP contribution in [0.25, 0.3) is 10.9 Å². The van der Waals surface area contributed by atoms with E-state index < -0.39 is 11.4 Å². The smallest absolute Gasteiger partial charge is 0.311 e. The number of para-hydroxylation sites is 1. The van der Waals surface area contributed by atoms with Gasteiger partial charge in [-0.2, -0.15) is 0 Å². The van der Waals surface area contributed by atoms with Crippen LogP contribution in [0.1, 0.15) is 6.42 Å². The lowest BCUT2D eigenvalue weighted by atomic mass is 9.74. The number of pyridine rings is 1. The molecule has 0 radical (unpaired) electrons. The molecule has 26 heavy (non-hydrogen) atoms. The highest BCUT2D eigenvalue weighted by atomic mass is 16.5. The van der Waals surface area contributed by atoms with Gasteiger partial charge in [0.2, 0.25) is 5.91 Å². The van der Waals surface area contributed by atoms with Crippen molar-refractivity contribution < 1.29 is 19.4 Å². The van der Waals surface area contributed by atoms with Gasteiger partial charge in [-0.1, -0.05) is 12.1 Å². The number of aliphatic carboxylic acids is 1. The van der Waals surface area contributed by atoms with Crippen molar-refractivity contribution in [2.45, 2.75) is 13.0 Å². The maximum absolute atomic E-state index is 12.8. The second-order valence-corrected chi connectivity index (χ2v) is 7.08. The van der Waals surface area contributed by atoms with Gasteiger partial charge in [0.05, 0.1) is 17.5 Å². The first-order valence-electron chi connectivity index (χ1n) is 8.68. The molecule has 7 heteroatoms. The Morgan fingerprint density at radius 1 is 1.27 bits per heavy atom. The van der Waals surface area contributed by atoms with Crippen LogP contribution in [0.4, 0.5) is 0 Å². The largest absolute Gasteiger partial charge is 0.481 e. The first kappa shape index (κ1) is 16.8. The summed E-state index contributed by atoms with van der Waals surface area (Å²) in [5.41, 5.74) is -0.292. The van der Waals surface area contributed by atoms with Gasteiger partial charge in [-0.05, 0) is 18.6 Å². The number of aromatic nitrogens is 1. The van der Waals surface area contributed by atoms with E-state index in [2.05, 4.69) is 0 Å². The van der Waals surface area contributed by atoms with Gasteiger partial charge in [-0.15, -0.1) is 0 Å². The van der Waals surface area contributed by atoms with Gasteiger partial charge in [-0.25, -0.2) is 0 Å². The van der Waals surface area contributed by atoms with Gasteiger partial charge in [0, 0.05) is 43.3 Å². The standard InChI is InChI=1S/C19H20N2O5/c22-16-5-7-20(15-4-2-1-3-14(15)16)10-17(23)21-9-13-11-26-8-6-19(13,12-21)18(24)25/h1-5,7,13H,6,8-12H2,(H,24,25)/t13-,19+/m0/s1. The van der Waals surface area contributed by atoms with Crippen LogP contribution in [0.5, 0.6) is 0 Å². The minimum absolute atomic E-state index is 0.0735. The molecule has 2 fully saturated rings. The minimum Gasteiger partial charge on any atom is -0.481 e. The van der Waals surface area contributed by atoms with Gasteiger partial charge < -0.3 is 19.3 Å². The summed E-state index contributed by atoms with van der Waals surface area (Å²) in [4.78, 5) is 38.3. The Kier molecular flexibility index (Phi) is 4.03. The van der Waals surface area contributed by atoms with Crippen molar-refractivity contribution in [2.75, 3.05) is 26.3 Å². The van der Waals surface area contributed by atoms with Crippen LogP contribution >= 0.6 is 0 Å². The van der Waals surface area contributed by atoms with Crippen LogP contribution < -0.4 is 5.43 Å². The maximum Gasteiger partial charge on any atom is 0.311 e. The Balaban J connectivity index is 1.59. The lowest BCUT2D eigenvalue weighted by Gasteiger charge is -2.33. The Labute approximate surface area is 149 Å². The predicted molar refractivity (Wildman–Crippen MR) is 93.8 cm³/mol. The number of nitrogens with zero attached hydrogens (tertiary/aromatic N) is 2. The van der Waals surface area contributed by atoms with Crippen LogP contribution in [-0.4, -0.2) is 52.8 Å². The number of rotatable bonds is 3. The third kappa shape index (κ3) is 2.59. The highest BCUT2D eigenvalue weighted by Crippen LogP contribution is 2.42. The predicted octanol–water partition coefficient (Wildman–Crippen LogP) is 0.951. The molecule has 0 bridgehead atoms. The van der Waals surface area contributed by atoms with E-state index in [0.717, 1.165) is 0 Å². The third-order valence-corrected chi connectivity index (χ3v) is 5.68. The zero-order valence-corrected chi connectivity index (χ0v) is 14.3. The number of carboxylic acid groups (broad SMARTS) is 1. The molecule has 136 valence electrons. The summed E-state index contributed by atoms with van der Waals surface area (Å²) >= 11 is 0. The molecule has 7 nitrogen and oxygen atoms in total. The second kappa shape index (κ2) is 6.25. The second-order valence-electron chi connectivity index (χ2n) is 7.08. The van der Waals surface area contributed by atoms with Crippen molar-refractivity contribution in [3.05, 3.63) is 46.8 Å². The summed E-state index contributed by atoms with van der Waals surface area (Å²) in [6.07, 6.45) is 2.04. The Bertz CT molecular complexity index is 937. The van der Waals surface area contributed by atoms with Gasteiger partial charge in [0.15, 0.2) is 5.43 Å². The molecule has 1 aromatic heterocycles. The Morgan fingerprint density at radius 3 is 2.85 bits per heavy atom. The number of likely N-dealkylation sites (tertiary alicyclic amines) is 1. The van der Waals surface area contributed by atoms with Crippen molar-refractivity contribution in [1.29, 1.82) is 0 Å². The lowest BCUT2D eigenvalue weighted by Crippen LogP contribution is -2.45. The Morgan fingerprint density at radius 2 is 2.08 bits per heavy atom. The molecule has 2 atom stereocenters. The monoisotopic (exact) mass is 356 g/mol. The normalized spacial score (nSPS) is 25.2. The van der Waals surface area contributed by atoms with Crippen molar-refractivity contribution in [3.63, 3.8) is 0 Å². The highest BCUT2D eigenvalue weighted by molar-refractivity contribution is 5.84. The summed E-state index contributed by atoms with van der Waals surface area (Å²) in [6.45, 7) is 1.47. The Hall–Kier alpha value is -2.67. The summed E-state index contributed by atoms with van der Waals surface area (Å²) in [5.74, 6) is -1.17. The van der Waals surface area contributed by atoms with Gasteiger partial charge >= 0.3 is 5.97 Å². The molecule has 1 aromatic carbocycles. The molecule has 2 aliphatic heterocycles. The zero-order valence-electron chi connectivity index (χ0n) is 14.3. The molecule has 1 amide bonds. The highest BCUT2D eigenvalue weighted by Gasteiger charge is 2.54. The number of benzene rings is 1. The van der Waals surface area contributed by atoms with E-state index in [-0.39, 0.29) is 30.3 Å². The zero-order chi connectivity index (χ0) is 18.3. The summed E-state index contributed by atoms with van der Waals surface area (Å²) in [6, 6.07) is 8.60. The van der Waals surface area contributed by atoms with Gasteiger partial charge in [0.1, 0.15) is 6.54 Å². The SMILES string of the molecule is O=C(Cn1ccc(=O)c2ccccc21)N1C[C@H]2COCC[C@@]2(C(=O)O)C1. The molecule has 0 saturated carbocycles. The molecule has 2 aromatic rings. The lowest BCUT2D eigenvalue weighted by molar-refractivity contribution is -0.157. The number of ether oxygens (including phenoxy) is 1. The molecule has 0 spiro atoms. The molecule has 3 heterocycles. The first-order chi connectivity index (χ1) is 12.5. The number of carboxylic acids is 1. The van der Waals surface area contributed by atoms with Crippen molar-refractivity contribution in [1.82, 2.24) is 9.47 Å². The van der Waals surface area contributed by atoms with E-state index in [1.807, 2.05) is 6.07 Å². The average Bonchev–Trinajstić information content (AvgIpc) is 3.05. The van der Waals surface area contributed by atoms with E-state index in [9.17, 15) is 19.5 Å². The van der Waals surface area contributed by atoms with Crippen LogP contribution in [-0.2, 0) is 20.9 Å². The number of hydrogen-bond donors (Lipinski definition) is 1. The van der Waals surface area contributed by atoms with E-state index in [0.29, 0.717) is 37.1 Å². The van der Waals surface area contributed by atoms with Gasteiger partial charge in [-0.3, -0.25) is 14.4 Å². The van der Waals surface area contributed by atoms with E-state index in [1.54, 1.807) is 33.9 Å². The summed E-state index contributed by atoms with van der Waals surface area (Å²) < 4.78 is 7.18. The topological polar surface area (TPSA) is 88.8 Å². The van der Waals surface area contributed by atoms with E-state index in [4.69, 9.17) is 4.74 Å². The molecule has 1 N–H and O–H groups in total. The van der Waals surface area contributed by atoms with Crippen molar-refractivity contribution in [2.24, 2.45) is 11.3 Å². The molecule has 0 unspecified atom stereocenters. The van der Waals surface area contributed by atoms with Gasteiger partial charge in [0.25, 0.3) is 0 Å². The van der Waals surface area contributed by atoms with Crippen LogP contribution in [0.15, 0.2) is 41.3 Å². The number of fused-ring (bicyclic) bond motifs is 2. The quantitative estimate of drug-likeness (QED) is 0.885. The summed E-state index contributed by atoms with van der Waals surface area (Å²) in [7, 11) is 0. The number of carbonyl (C=O) groups excluding carboxylic acids is 1. The van der Waals surface area contributed by atoms with Crippen molar-refractivity contribution in [3.8, 4) is 0 Å². The fourth-order valence-corrected chi connectivity index (χ4v) is 4.13. The minimum atomic E-state index is -0.903. The van der Waals surface area contributed by atoms with Crippen LogP contribution in [0, 0.1) is 11.3 Å². The van der Waals surface area contributed by atoms with Crippen LogP contribution in [0.3, 0.4) is 0 Å². The fraction of sp³-hybridized carbons (Fsp3) is 0.421. The molecular weight excluding hydrogens is 336 g/mol. The maximum atomic E-state index is 12.8. The fourth-order valence-electron chi connectivity index (χ4n) is 4.13. The molecule has 2 saturated heterocycles. The molecule has 0 aliphatic carbocycles. The summed E-state index contributed by atoms with van der Waals surface area (Å²) in [5, 5.41) is 10.3. The molecule has 2 aliphatic rings.